The highest BCUT2D eigenvalue weighted by Gasteiger charge is 2.29. The second kappa shape index (κ2) is 5.19. The van der Waals surface area contributed by atoms with Crippen LogP contribution in [-0.4, -0.2) is 11.4 Å². The second-order valence-electron chi connectivity index (χ2n) is 5.31. The van der Waals surface area contributed by atoms with Gasteiger partial charge >= 0.3 is 0 Å². The molecule has 0 heterocycles. The summed E-state index contributed by atoms with van der Waals surface area (Å²) in [6, 6.07) is 4.99. The van der Waals surface area contributed by atoms with Gasteiger partial charge in [-0.2, -0.15) is 0 Å². The number of hydrogen-bond donors (Lipinski definition) is 2. The summed E-state index contributed by atoms with van der Waals surface area (Å²) in [5.74, 6) is -0.107. The molecule has 0 atom stereocenters. The molecule has 1 aromatic carbocycles. The molecule has 4 heteroatoms. The summed E-state index contributed by atoms with van der Waals surface area (Å²) >= 11 is 6.05. The summed E-state index contributed by atoms with van der Waals surface area (Å²) in [4.78, 5) is 12.2. The van der Waals surface area contributed by atoms with Crippen LogP contribution in [0.25, 0.3) is 0 Å². The molecule has 1 saturated carbocycles. The van der Waals surface area contributed by atoms with Crippen molar-refractivity contribution in [3.05, 3.63) is 28.8 Å². The molecule has 0 bridgehead atoms. The molecule has 1 aliphatic carbocycles. The van der Waals surface area contributed by atoms with E-state index in [0.717, 1.165) is 12.8 Å². The van der Waals surface area contributed by atoms with E-state index >= 15 is 0 Å². The first-order chi connectivity index (χ1) is 8.50. The van der Waals surface area contributed by atoms with E-state index in [1.54, 1.807) is 18.2 Å². The number of halogens is 1. The fourth-order valence-electron chi connectivity index (χ4n) is 2.51. The summed E-state index contributed by atoms with van der Waals surface area (Å²) < 4.78 is 0. The smallest absolute Gasteiger partial charge is 0.253 e. The van der Waals surface area contributed by atoms with Crippen molar-refractivity contribution in [1.29, 1.82) is 0 Å². The fraction of sp³-hybridized carbons (Fsp3) is 0.500. The van der Waals surface area contributed by atoms with Gasteiger partial charge in [-0.05, 0) is 38.0 Å². The van der Waals surface area contributed by atoms with Gasteiger partial charge in [-0.25, -0.2) is 0 Å². The Balaban J connectivity index is 2.11. The molecule has 1 fully saturated rings. The molecule has 0 spiro atoms. The van der Waals surface area contributed by atoms with E-state index in [1.165, 1.54) is 19.3 Å². The molecule has 0 saturated heterocycles. The summed E-state index contributed by atoms with van der Waals surface area (Å²) in [5, 5.41) is 3.52. The fourth-order valence-corrected chi connectivity index (χ4v) is 2.79. The number of nitrogens with one attached hydrogen (secondary N) is 1. The zero-order valence-electron chi connectivity index (χ0n) is 10.6. The number of rotatable bonds is 2. The van der Waals surface area contributed by atoms with Crippen LogP contribution in [0, 0.1) is 0 Å². The lowest BCUT2D eigenvalue weighted by molar-refractivity contribution is 0.0883. The highest BCUT2D eigenvalue weighted by molar-refractivity contribution is 6.34. The Bertz CT molecular complexity index is 453. The minimum Gasteiger partial charge on any atom is -0.399 e. The van der Waals surface area contributed by atoms with Crippen molar-refractivity contribution in [2.45, 2.75) is 44.6 Å². The number of hydrogen-bond acceptors (Lipinski definition) is 2. The van der Waals surface area contributed by atoms with Crippen LogP contribution >= 0.6 is 11.6 Å². The van der Waals surface area contributed by atoms with Crippen LogP contribution in [0.2, 0.25) is 5.02 Å². The SMILES string of the molecule is CC1(NC(=O)c2ccc(N)cc2Cl)CCCCC1. The molecular weight excluding hydrogens is 248 g/mol. The Morgan fingerprint density at radius 2 is 2.00 bits per heavy atom. The largest absolute Gasteiger partial charge is 0.399 e. The van der Waals surface area contributed by atoms with Crippen molar-refractivity contribution in [2.75, 3.05) is 5.73 Å². The average molecular weight is 267 g/mol. The van der Waals surface area contributed by atoms with Gasteiger partial charge in [0.15, 0.2) is 0 Å². The standard InChI is InChI=1S/C14H19ClN2O/c1-14(7-3-2-4-8-14)17-13(18)11-6-5-10(16)9-12(11)15/h5-6,9H,2-4,7-8,16H2,1H3,(H,17,18). The molecule has 1 amide bonds. The van der Waals surface area contributed by atoms with Crippen LogP contribution < -0.4 is 11.1 Å². The van der Waals surface area contributed by atoms with Crippen molar-refractivity contribution < 1.29 is 4.79 Å². The molecule has 3 N–H and O–H groups in total. The van der Waals surface area contributed by atoms with Crippen LogP contribution in [0.3, 0.4) is 0 Å². The first-order valence-corrected chi connectivity index (χ1v) is 6.75. The van der Waals surface area contributed by atoms with E-state index in [0.29, 0.717) is 16.3 Å². The third-order valence-electron chi connectivity index (χ3n) is 3.61. The third kappa shape index (κ3) is 2.96. The molecule has 0 radical (unpaired) electrons. The van der Waals surface area contributed by atoms with Gasteiger partial charge < -0.3 is 11.1 Å². The van der Waals surface area contributed by atoms with Gasteiger partial charge in [-0.15, -0.1) is 0 Å². The first kappa shape index (κ1) is 13.2. The zero-order valence-corrected chi connectivity index (χ0v) is 11.4. The minimum absolute atomic E-state index is 0.0972. The quantitative estimate of drug-likeness (QED) is 0.807. The van der Waals surface area contributed by atoms with Gasteiger partial charge in [-0.3, -0.25) is 4.79 Å². The van der Waals surface area contributed by atoms with Crippen molar-refractivity contribution in [3.8, 4) is 0 Å². The highest BCUT2D eigenvalue weighted by atomic mass is 35.5. The van der Waals surface area contributed by atoms with Gasteiger partial charge in [0.1, 0.15) is 0 Å². The summed E-state index contributed by atoms with van der Waals surface area (Å²) in [7, 11) is 0. The Kier molecular flexibility index (Phi) is 3.81. The lowest BCUT2D eigenvalue weighted by atomic mass is 9.83. The van der Waals surface area contributed by atoms with Gasteiger partial charge in [0.05, 0.1) is 10.6 Å². The van der Waals surface area contributed by atoms with Crippen molar-refractivity contribution >= 4 is 23.2 Å². The maximum Gasteiger partial charge on any atom is 0.253 e. The number of nitrogen functional groups attached to an aromatic ring is 1. The number of amides is 1. The van der Waals surface area contributed by atoms with Crippen LogP contribution in [0.15, 0.2) is 18.2 Å². The molecular formula is C14H19ClN2O. The van der Waals surface area contributed by atoms with Gasteiger partial charge in [0.2, 0.25) is 0 Å². The molecule has 0 unspecified atom stereocenters. The van der Waals surface area contributed by atoms with Crippen LogP contribution in [-0.2, 0) is 0 Å². The summed E-state index contributed by atoms with van der Waals surface area (Å²) in [5.41, 5.74) is 6.59. The molecule has 18 heavy (non-hydrogen) atoms. The predicted molar refractivity (Wildman–Crippen MR) is 74.8 cm³/mol. The van der Waals surface area contributed by atoms with E-state index in [9.17, 15) is 4.79 Å². The molecule has 0 aliphatic heterocycles. The highest BCUT2D eigenvalue weighted by Crippen LogP contribution is 2.28. The maximum atomic E-state index is 12.2. The van der Waals surface area contributed by atoms with Gasteiger partial charge in [0.25, 0.3) is 5.91 Å². The Labute approximate surface area is 113 Å². The van der Waals surface area contributed by atoms with Crippen molar-refractivity contribution in [1.82, 2.24) is 5.32 Å². The average Bonchev–Trinajstić information content (AvgIpc) is 2.28. The second-order valence-corrected chi connectivity index (χ2v) is 5.72. The Morgan fingerprint density at radius 3 is 2.61 bits per heavy atom. The van der Waals surface area contributed by atoms with Crippen LogP contribution in [0.1, 0.15) is 49.4 Å². The Morgan fingerprint density at radius 1 is 1.33 bits per heavy atom. The van der Waals surface area contributed by atoms with Crippen LogP contribution in [0.4, 0.5) is 5.69 Å². The minimum atomic E-state index is -0.107. The first-order valence-electron chi connectivity index (χ1n) is 6.38. The molecule has 3 nitrogen and oxygen atoms in total. The molecule has 0 aromatic heterocycles. The van der Waals surface area contributed by atoms with E-state index < -0.39 is 0 Å². The van der Waals surface area contributed by atoms with E-state index in [1.807, 2.05) is 0 Å². The number of nitrogens with two attached hydrogens (primary N) is 1. The van der Waals surface area contributed by atoms with Crippen molar-refractivity contribution in [2.24, 2.45) is 0 Å². The van der Waals surface area contributed by atoms with E-state index in [4.69, 9.17) is 17.3 Å². The monoisotopic (exact) mass is 266 g/mol. The molecule has 1 aromatic rings. The number of carbonyl (C=O) groups is 1. The number of benzene rings is 1. The maximum absolute atomic E-state index is 12.2. The Hall–Kier alpha value is -1.22. The van der Waals surface area contributed by atoms with Gasteiger partial charge in [0, 0.05) is 11.2 Å². The lowest BCUT2D eigenvalue weighted by Gasteiger charge is -2.34. The number of carbonyl (C=O) groups excluding carboxylic acids is 1. The van der Waals surface area contributed by atoms with E-state index in [-0.39, 0.29) is 11.4 Å². The molecule has 1 aliphatic rings. The summed E-state index contributed by atoms with van der Waals surface area (Å²) in [6.07, 6.45) is 5.67. The zero-order chi connectivity index (χ0) is 13.2. The predicted octanol–water partition coefficient (Wildman–Crippen LogP) is 3.37. The molecule has 98 valence electrons. The lowest BCUT2D eigenvalue weighted by Crippen LogP contribution is -2.47. The number of anilines is 1. The third-order valence-corrected chi connectivity index (χ3v) is 3.92. The van der Waals surface area contributed by atoms with Gasteiger partial charge in [-0.1, -0.05) is 30.9 Å². The van der Waals surface area contributed by atoms with Crippen molar-refractivity contribution in [3.63, 3.8) is 0 Å². The van der Waals surface area contributed by atoms with Crippen LogP contribution in [0.5, 0.6) is 0 Å². The van der Waals surface area contributed by atoms with E-state index in [2.05, 4.69) is 12.2 Å². The normalized spacial score (nSPS) is 18.3. The summed E-state index contributed by atoms with van der Waals surface area (Å²) in [6.45, 7) is 2.11. The topological polar surface area (TPSA) is 55.1 Å². The molecule has 2 rings (SSSR count).